The molecule has 1 N–H and O–H groups in total. The van der Waals surface area contributed by atoms with E-state index in [0.29, 0.717) is 12.1 Å². The number of aromatic nitrogens is 4. The second kappa shape index (κ2) is 8.31. The van der Waals surface area contributed by atoms with Crippen LogP contribution in [-0.2, 0) is 6.54 Å². The molecular weight excluding hydrogens is 403 g/mol. The maximum Gasteiger partial charge on any atom is 0.207 e. The fourth-order valence-electron chi connectivity index (χ4n) is 4.41. The van der Waals surface area contributed by atoms with Crippen LogP contribution < -0.4 is 10.2 Å². The van der Waals surface area contributed by atoms with Crippen molar-refractivity contribution in [2.24, 2.45) is 0 Å². The third kappa shape index (κ3) is 3.73. The summed E-state index contributed by atoms with van der Waals surface area (Å²) in [6.07, 6.45) is 1.80. The Kier molecular flexibility index (Phi) is 5.35. The lowest BCUT2D eigenvalue weighted by Gasteiger charge is -2.29. The van der Waals surface area contributed by atoms with Crippen LogP contribution in [0.15, 0.2) is 42.6 Å². The van der Waals surface area contributed by atoms with E-state index in [1.807, 2.05) is 32.0 Å². The molecule has 0 radical (unpaired) electrons. The van der Waals surface area contributed by atoms with E-state index in [1.165, 1.54) is 0 Å². The molecule has 0 saturated carbocycles. The lowest BCUT2D eigenvalue weighted by Crippen LogP contribution is -2.44. The Bertz CT molecular complexity index is 1290. The molecule has 0 amide bonds. The molecule has 32 heavy (non-hydrogen) atoms. The fraction of sp³-hybridized carbons (Fsp3) is 0.320. The Labute approximate surface area is 187 Å². The quantitative estimate of drug-likeness (QED) is 0.530. The molecule has 3 aromatic heterocycles. The van der Waals surface area contributed by atoms with Gasteiger partial charge in [0.05, 0.1) is 12.1 Å². The normalized spacial score (nSPS) is 14.3. The minimum absolute atomic E-state index is 0.180. The van der Waals surface area contributed by atoms with Gasteiger partial charge in [0.15, 0.2) is 0 Å². The summed E-state index contributed by atoms with van der Waals surface area (Å²) in [6, 6.07) is 11.4. The maximum atomic E-state index is 13.9. The topological polar surface area (TPSA) is 58.9 Å². The molecular formula is C25H27FN6. The monoisotopic (exact) mass is 430 g/mol. The number of imidazole rings is 1. The number of rotatable bonds is 4. The smallest absolute Gasteiger partial charge is 0.207 e. The molecule has 0 aliphatic carbocycles. The van der Waals surface area contributed by atoms with Gasteiger partial charge in [-0.15, -0.1) is 0 Å². The largest absolute Gasteiger partial charge is 0.340 e. The van der Waals surface area contributed by atoms with Crippen LogP contribution in [0.5, 0.6) is 0 Å². The minimum atomic E-state index is -0.180. The molecule has 7 heteroatoms. The Morgan fingerprint density at radius 3 is 2.59 bits per heavy atom. The van der Waals surface area contributed by atoms with E-state index in [9.17, 15) is 4.39 Å². The van der Waals surface area contributed by atoms with Gasteiger partial charge in [-0.3, -0.25) is 9.97 Å². The van der Waals surface area contributed by atoms with E-state index in [4.69, 9.17) is 9.97 Å². The van der Waals surface area contributed by atoms with E-state index >= 15 is 0 Å². The van der Waals surface area contributed by atoms with Crippen LogP contribution >= 0.6 is 0 Å². The molecule has 1 saturated heterocycles. The van der Waals surface area contributed by atoms with E-state index in [-0.39, 0.29) is 5.82 Å². The first-order valence-electron chi connectivity index (χ1n) is 11.0. The third-order valence-electron chi connectivity index (χ3n) is 6.07. The van der Waals surface area contributed by atoms with E-state index in [1.54, 1.807) is 19.2 Å². The van der Waals surface area contributed by atoms with Crippen LogP contribution in [0.1, 0.15) is 22.5 Å². The third-order valence-corrected chi connectivity index (χ3v) is 6.07. The molecule has 164 valence electrons. The van der Waals surface area contributed by atoms with Gasteiger partial charge in [0.2, 0.25) is 5.95 Å². The van der Waals surface area contributed by atoms with Crippen molar-refractivity contribution in [1.29, 1.82) is 0 Å². The molecule has 1 aromatic carbocycles. The average molecular weight is 431 g/mol. The first kappa shape index (κ1) is 20.6. The molecule has 0 spiro atoms. The van der Waals surface area contributed by atoms with Crippen LogP contribution in [-0.4, -0.2) is 45.7 Å². The van der Waals surface area contributed by atoms with Gasteiger partial charge in [-0.05, 0) is 56.2 Å². The van der Waals surface area contributed by atoms with E-state index < -0.39 is 0 Å². The summed E-state index contributed by atoms with van der Waals surface area (Å²) in [6.45, 7) is 10.1. The lowest BCUT2D eigenvalue weighted by atomic mass is 10.1. The average Bonchev–Trinajstić information content (AvgIpc) is 3.15. The Balaban J connectivity index is 1.72. The summed E-state index contributed by atoms with van der Waals surface area (Å²) in [7, 11) is 0. The molecule has 6 nitrogen and oxygen atoms in total. The zero-order valence-electron chi connectivity index (χ0n) is 18.7. The van der Waals surface area contributed by atoms with Crippen molar-refractivity contribution in [1.82, 2.24) is 24.8 Å². The van der Waals surface area contributed by atoms with Crippen LogP contribution in [0.25, 0.3) is 22.3 Å². The number of fused-ring (bicyclic) bond motifs is 1. The highest BCUT2D eigenvalue weighted by Gasteiger charge is 2.23. The summed E-state index contributed by atoms with van der Waals surface area (Å²) < 4.78 is 16.1. The number of anilines is 1. The highest BCUT2D eigenvalue weighted by Crippen LogP contribution is 2.32. The highest BCUT2D eigenvalue weighted by molar-refractivity contribution is 5.92. The van der Waals surface area contributed by atoms with Gasteiger partial charge in [0.25, 0.3) is 0 Å². The Morgan fingerprint density at radius 2 is 1.84 bits per heavy atom. The summed E-state index contributed by atoms with van der Waals surface area (Å²) in [5.74, 6) is 0.750. The Hall–Kier alpha value is -3.32. The number of pyridine rings is 2. The number of nitrogens with zero attached hydrogens (tertiary/aromatic N) is 5. The van der Waals surface area contributed by atoms with Gasteiger partial charge in [0, 0.05) is 49.3 Å². The SMILES string of the molecule is Cc1cc2c(nc(N3CCNCC3)n2Cc2ccc(F)c(C)c2)c(-c2cccnc2C)n1. The summed E-state index contributed by atoms with van der Waals surface area (Å²) >= 11 is 0. The van der Waals surface area contributed by atoms with Gasteiger partial charge in [-0.2, -0.15) is 0 Å². The molecule has 0 atom stereocenters. The fourth-order valence-corrected chi connectivity index (χ4v) is 4.41. The molecule has 1 aliphatic rings. The number of hydrogen-bond donors (Lipinski definition) is 1. The predicted molar refractivity (Wildman–Crippen MR) is 126 cm³/mol. The zero-order chi connectivity index (χ0) is 22.2. The van der Waals surface area contributed by atoms with Crippen LogP contribution in [0.4, 0.5) is 10.3 Å². The van der Waals surface area contributed by atoms with Gasteiger partial charge in [-0.1, -0.05) is 12.1 Å². The standard InChI is InChI=1S/C25H27FN6/c1-16-13-19(6-7-21(16)26)15-32-22-14-17(2)29-23(20-5-4-8-28-18(20)3)24(22)30-25(32)31-11-9-27-10-12-31/h4-8,13-14,27H,9-12,15H2,1-3H3. The lowest BCUT2D eigenvalue weighted by molar-refractivity contribution is 0.571. The van der Waals surface area contributed by atoms with E-state index in [0.717, 1.165) is 71.4 Å². The zero-order valence-corrected chi connectivity index (χ0v) is 18.7. The maximum absolute atomic E-state index is 13.9. The second-order valence-corrected chi connectivity index (χ2v) is 8.43. The van der Waals surface area contributed by atoms with Crippen molar-refractivity contribution in [3.05, 3.63) is 70.9 Å². The number of halogens is 1. The summed E-state index contributed by atoms with van der Waals surface area (Å²) in [5.41, 5.74) is 7.32. The molecule has 4 aromatic rings. The van der Waals surface area contributed by atoms with Crippen molar-refractivity contribution >= 4 is 17.0 Å². The number of nitrogens with one attached hydrogen (secondary N) is 1. The van der Waals surface area contributed by atoms with Gasteiger partial charge >= 0.3 is 0 Å². The van der Waals surface area contributed by atoms with Crippen LogP contribution in [0.3, 0.4) is 0 Å². The van der Waals surface area contributed by atoms with Crippen molar-refractivity contribution in [3.8, 4) is 11.3 Å². The summed E-state index contributed by atoms with van der Waals surface area (Å²) in [4.78, 5) is 16.8. The predicted octanol–water partition coefficient (Wildman–Crippen LogP) is 4.02. The molecule has 0 bridgehead atoms. The van der Waals surface area contributed by atoms with E-state index in [2.05, 4.69) is 31.9 Å². The number of piperazine rings is 1. The van der Waals surface area contributed by atoms with Gasteiger partial charge < -0.3 is 14.8 Å². The number of benzene rings is 1. The van der Waals surface area contributed by atoms with Crippen molar-refractivity contribution in [2.75, 3.05) is 31.1 Å². The molecule has 1 fully saturated rings. The van der Waals surface area contributed by atoms with Gasteiger partial charge in [-0.25, -0.2) is 9.37 Å². The van der Waals surface area contributed by atoms with Crippen molar-refractivity contribution in [3.63, 3.8) is 0 Å². The van der Waals surface area contributed by atoms with Gasteiger partial charge in [0.1, 0.15) is 17.0 Å². The first-order chi connectivity index (χ1) is 15.5. The molecule has 1 aliphatic heterocycles. The molecule has 5 rings (SSSR count). The number of hydrogen-bond acceptors (Lipinski definition) is 5. The Morgan fingerprint density at radius 1 is 1.03 bits per heavy atom. The second-order valence-electron chi connectivity index (χ2n) is 8.43. The molecule has 4 heterocycles. The minimum Gasteiger partial charge on any atom is -0.340 e. The molecule has 0 unspecified atom stereocenters. The number of aryl methyl sites for hydroxylation is 3. The van der Waals surface area contributed by atoms with Crippen molar-refractivity contribution in [2.45, 2.75) is 27.3 Å². The highest BCUT2D eigenvalue weighted by atomic mass is 19.1. The summed E-state index contributed by atoms with van der Waals surface area (Å²) in [5, 5.41) is 3.41. The van der Waals surface area contributed by atoms with Crippen LogP contribution in [0, 0.1) is 26.6 Å². The first-order valence-corrected chi connectivity index (χ1v) is 11.0. The van der Waals surface area contributed by atoms with Crippen molar-refractivity contribution < 1.29 is 4.39 Å². The van der Waals surface area contributed by atoms with Crippen LogP contribution in [0.2, 0.25) is 0 Å².